The summed E-state index contributed by atoms with van der Waals surface area (Å²) in [7, 11) is 0. The molecule has 4 unspecified atom stereocenters. The Hall–Kier alpha value is -3.73. The molecule has 1 amide bonds. The van der Waals surface area contributed by atoms with Crippen LogP contribution < -0.4 is 5.32 Å². The molecule has 0 saturated carbocycles. The second kappa shape index (κ2) is 14.4. The zero-order chi connectivity index (χ0) is 31.2. The molecule has 1 fully saturated rings. The molecule has 5 rings (SSSR count). The lowest BCUT2D eigenvalue weighted by Gasteiger charge is -2.36. The minimum atomic E-state index is -0.870. The number of nitrogens with zero attached hydrogens (tertiary/aromatic N) is 2. The highest BCUT2D eigenvalue weighted by molar-refractivity contribution is 6.40. The van der Waals surface area contributed by atoms with Crippen molar-refractivity contribution in [2.75, 3.05) is 0 Å². The van der Waals surface area contributed by atoms with Gasteiger partial charge in [0.1, 0.15) is 5.15 Å². The van der Waals surface area contributed by atoms with Crippen LogP contribution >= 0.6 is 23.2 Å². The van der Waals surface area contributed by atoms with Crippen molar-refractivity contribution in [1.29, 1.82) is 0 Å². The Labute approximate surface area is 265 Å². The first-order valence-corrected chi connectivity index (χ1v) is 15.0. The standard InChI is InChI=1S/C33H33Cl2N3O6/c1-20(42-21(2)40)32(41)36-16-23-5-3-6-25(13-23)26-7-4-8-27(14-26)33-43-28(17-38-19-37-30(34)31(38)35)15-29(44-33)24-11-9-22(18-39)10-12-24/h3-14,19-20,28-29,33,39H,15-18H2,1-2H3,(H,36,41). The van der Waals surface area contributed by atoms with Gasteiger partial charge in [0.05, 0.1) is 31.7 Å². The van der Waals surface area contributed by atoms with E-state index in [2.05, 4.69) is 10.3 Å². The maximum Gasteiger partial charge on any atom is 0.303 e. The number of aromatic nitrogens is 2. The Morgan fingerprint density at radius 3 is 2.43 bits per heavy atom. The van der Waals surface area contributed by atoms with E-state index in [9.17, 15) is 14.7 Å². The van der Waals surface area contributed by atoms with E-state index in [1.807, 2.05) is 72.8 Å². The van der Waals surface area contributed by atoms with Crippen LogP contribution in [-0.2, 0) is 43.5 Å². The van der Waals surface area contributed by atoms with Gasteiger partial charge in [-0.3, -0.25) is 9.59 Å². The van der Waals surface area contributed by atoms with Gasteiger partial charge in [-0.15, -0.1) is 0 Å². The van der Waals surface area contributed by atoms with Gasteiger partial charge >= 0.3 is 5.97 Å². The van der Waals surface area contributed by atoms with E-state index in [1.54, 1.807) is 10.9 Å². The van der Waals surface area contributed by atoms with Crippen LogP contribution in [0.2, 0.25) is 10.3 Å². The number of halogens is 2. The second-order valence-corrected chi connectivity index (χ2v) is 11.3. The number of aliphatic hydroxyl groups is 1. The molecular formula is C33H33Cl2N3O6. The lowest BCUT2D eigenvalue weighted by atomic mass is 9.98. The molecule has 0 bridgehead atoms. The summed E-state index contributed by atoms with van der Waals surface area (Å²) in [5, 5.41) is 12.9. The number of carbonyl (C=O) groups excluding carboxylic acids is 2. The summed E-state index contributed by atoms with van der Waals surface area (Å²) < 4.78 is 19.7. The average molecular weight is 639 g/mol. The summed E-state index contributed by atoms with van der Waals surface area (Å²) in [6.45, 7) is 3.49. The average Bonchev–Trinajstić information content (AvgIpc) is 3.35. The number of aliphatic hydroxyl groups excluding tert-OH is 1. The van der Waals surface area contributed by atoms with Gasteiger partial charge in [0.15, 0.2) is 17.5 Å². The fourth-order valence-corrected chi connectivity index (χ4v) is 5.40. The molecule has 1 aromatic heterocycles. The molecule has 4 atom stereocenters. The number of benzene rings is 3. The van der Waals surface area contributed by atoms with Crippen LogP contribution in [0.1, 0.15) is 54.9 Å². The number of amides is 1. The quantitative estimate of drug-likeness (QED) is 0.200. The van der Waals surface area contributed by atoms with Gasteiger partial charge in [0.25, 0.3) is 5.91 Å². The highest BCUT2D eigenvalue weighted by Crippen LogP contribution is 2.39. The smallest absolute Gasteiger partial charge is 0.303 e. The second-order valence-electron chi connectivity index (χ2n) is 10.6. The van der Waals surface area contributed by atoms with E-state index in [1.165, 1.54) is 13.8 Å². The molecule has 1 aliphatic heterocycles. The van der Waals surface area contributed by atoms with Crippen molar-refractivity contribution in [3.05, 3.63) is 112 Å². The normalized spacial score (nSPS) is 18.9. The first-order valence-electron chi connectivity index (χ1n) is 14.2. The van der Waals surface area contributed by atoms with E-state index >= 15 is 0 Å². The molecule has 2 heterocycles. The van der Waals surface area contributed by atoms with Crippen molar-refractivity contribution in [2.45, 2.75) is 64.6 Å². The molecule has 230 valence electrons. The molecule has 0 radical (unpaired) electrons. The van der Waals surface area contributed by atoms with Crippen LogP contribution in [0.25, 0.3) is 11.1 Å². The fraction of sp³-hybridized carbons (Fsp3) is 0.303. The van der Waals surface area contributed by atoms with Gasteiger partial charge in [-0.25, -0.2) is 4.98 Å². The highest BCUT2D eigenvalue weighted by atomic mass is 35.5. The minimum absolute atomic E-state index is 0.0339. The predicted molar refractivity (Wildman–Crippen MR) is 166 cm³/mol. The summed E-state index contributed by atoms with van der Waals surface area (Å²) >= 11 is 12.4. The van der Waals surface area contributed by atoms with Crippen molar-refractivity contribution in [1.82, 2.24) is 14.9 Å². The van der Waals surface area contributed by atoms with Crippen LogP contribution in [-0.4, -0.2) is 38.7 Å². The Balaban J connectivity index is 1.36. The maximum atomic E-state index is 12.3. The number of nitrogens with one attached hydrogen (secondary N) is 1. The summed E-state index contributed by atoms with van der Waals surface area (Å²) in [5.74, 6) is -0.874. The third-order valence-electron chi connectivity index (χ3n) is 7.35. The molecular weight excluding hydrogens is 605 g/mol. The third kappa shape index (κ3) is 7.85. The predicted octanol–water partition coefficient (Wildman–Crippen LogP) is 6.16. The Morgan fingerprint density at radius 1 is 1.02 bits per heavy atom. The Bertz CT molecular complexity index is 1610. The number of hydrogen-bond acceptors (Lipinski definition) is 7. The number of ether oxygens (including phenoxy) is 3. The number of esters is 1. The molecule has 1 aliphatic rings. The van der Waals surface area contributed by atoms with Crippen molar-refractivity contribution in [3.8, 4) is 11.1 Å². The van der Waals surface area contributed by atoms with Crippen molar-refractivity contribution in [2.24, 2.45) is 0 Å². The van der Waals surface area contributed by atoms with Crippen molar-refractivity contribution in [3.63, 3.8) is 0 Å². The van der Waals surface area contributed by atoms with E-state index in [-0.39, 0.29) is 36.4 Å². The molecule has 0 spiro atoms. The molecule has 4 aromatic rings. The zero-order valence-corrected chi connectivity index (χ0v) is 25.8. The maximum absolute atomic E-state index is 12.3. The molecule has 1 saturated heterocycles. The summed E-state index contributed by atoms with van der Waals surface area (Å²) in [5.41, 5.74) is 5.43. The third-order valence-corrected chi connectivity index (χ3v) is 8.12. The largest absolute Gasteiger partial charge is 0.453 e. The monoisotopic (exact) mass is 637 g/mol. The number of rotatable bonds is 10. The molecule has 44 heavy (non-hydrogen) atoms. The summed E-state index contributed by atoms with van der Waals surface area (Å²) in [4.78, 5) is 27.6. The van der Waals surface area contributed by atoms with Gasteiger partial charge in [-0.2, -0.15) is 0 Å². The zero-order valence-electron chi connectivity index (χ0n) is 24.3. The van der Waals surface area contributed by atoms with Gasteiger partial charge in [-0.1, -0.05) is 83.9 Å². The van der Waals surface area contributed by atoms with E-state index in [4.69, 9.17) is 37.4 Å². The van der Waals surface area contributed by atoms with Crippen LogP contribution in [0.5, 0.6) is 0 Å². The number of hydrogen-bond donors (Lipinski definition) is 2. The number of carbonyl (C=O) groups is 2. The highest BCUT2D eigenvalue weighted by Gasteiger charge is 2.33. The van der Waals surface area contributed by atoms with Crippen LogP contribution in [0, 0.1) is 0 Å². The first-order chi connectivity index (χ1) is 21.2. The molecule has 3 aromatic carbocycles. The topological polar surface area (TPSA) is 112 Å². The summed E-state index contributed by atoms with van der Waals surface area (Å²) in [6, 6.07) is 23.5. The molecule has 9 nitrogen and oxygen atoms in total. The van der Waals surface area contributed by atoms with Gasteiger partial charge in [0, 0.05) is 25.5 Å². The lowest BCUT2D eigenvalue weighted by molar-refractivity contribution is -0.252. The molecule has 2 N–H and O–H groups in total. The van der Waals surface area contributed by atoms with Gasteiger partial charge in [0.2, 0.25) is 0 Å². The van der Waals surface area contributed by atoms with E-state index in [0.29, 0.717) is 18.1 Å². The Morgan fingerprint density at radius 2 is 1.75 bits per heavy atom. The molecule has 0 aliphatic carbocycles. The van der Waals surface area contributed by atoms with Crippen LogP contribution in [0.3, 0.4) is 0 Å². The summed E-state index contributed by atoms with van der Waals surface area (Å²) in [6.07, 6.45) is 0.101. The Kier molecular flexibility index (Phi) is 10.3. The van der Waals surface area contributed by atoms with Crippen molar-refractivity contribution >= 4 is 35.1 Å². The van der Waals surface area contributed by atoms with E-state index in [0.717, 1.165) is 33.4 Å². The molecule has 11 heteroatoms. The van der Waals surface area contributed by atoms with Crippen molar-refractivity contribution < 1.29 is 28.9 Å². The van der Waals surface area contributed by atoms with Crippen LogP contribution in [0.15, 0.2) is 79.1 Å². The van der Waals surface area contributed by atoms with Gasteiger partial charge in [-0.05, 0) is 46.9 Å². The van der Waals surface area contributed by atoms with Gasteiger partial charge < -0.3 is 29.2 Å². The first kappa shape index (κ1) is 31.7. The fourth-order valence-electron chi connectivity index (χ4n) is 5.08. The number of imidazole rings is 1. The van der Waals surface area contributed by atoms with Crippen LogP contribution in [0.4, 0.5) is 0 Å². The van der Waals surface area contributed by atoms with E-state index < -0.39 is 18.4 Å². The lowest BCUT2D eigenvalue weighted by Crippen LogP contribution is -2.35. The SMILES string of the molecule is CC(=O)OC(C)C(=O)NCc1cccc(-c2cccc(C3OC(Cn4cnc(Cl)c4Cl)CC(c4ccc(CO)cc4)O3)c2)c1. The minimum Gasteiger partial charge on any atom is -0.453 e.